The molecule has 1 aromatic carbocycles. The molecule has 94 valence electrons. The molecule has 0 atom stereocenters. The largest absolute Gasteiger partial charge is 0.399 e. The van der Waals surface area contributed by atoms with Crippen molar-refractivity contribution >= 4 is 28.1 Å². The molecule has 0 saturated heterocycles. The molecule has 0 aliphatic rings. The number of hydrogen-bond donors (Lipinski definition) is 4. The molecule has 5 nitrogen and oxygen atoms in total. The standard InChI is InChI=1S/C12H15N5S/c1-2-9-10(7-4-3-5-8(13)6-7)16-12(18-9)17-11(14)15/h3-6H,2,13H2,1H3,(H4,14,15,16,17). The maximum atomic E-state index is 7.22. The van der Waals surface area contributed by atoms with Gasteiger partial charge in [-0.2, -0.15) is 0 Å². The third-order valence-corrected chi connectivity index (χ3v) is 3.54. The second-order valence-corrected chi connectivity index (χ2v) is 4.89. The number of aryl methyl sites for hydroxylation is 1. The van der Waals surface area contributed by atoms with Crippen molar-refractivity contribution < 1.29 is 0 Å². The highest BCUT2D eigenvalue weighted by molar-refractivity contribution is 7.16. The van der Waals surface area contributed by atoms with Crippen molar-refractivity contribution in [1.29, 1.82) is 5.41 Å². The van der Waals surface area contributed by atoms with Crippen LogP contribution in [0.4, 0.5) is 10.8 Å². The zero-order valence-electron chi connectivity index (χ0n) is 10.0. The number of hydrogen-bond acceptors (Lipinski definition) is 4. The lowest BCUT2D eigenvalue weighted by Gasteiger charge is -2.01. The number of thiazole rings is 1. The monoisotopic (exact) mass is 261 g/mol. The Labute approximate surface area is 109 Å². The van der Waals surface area contributed by atoms with E-state index >= 15 is 0 Å². The van der Waals surface area contributed by atoms with Crippen LogP contribution >= 0.6 is 11.3 Å². The van der Waals surface area contributed by atoms with Gasteiger partial charge in [-0.25, -0.2) is 4.98 Å². The molecule has 6 N–H and O–H groups in total. The van der Waals surface area contributed by atoms with Crippen LogP contribution in [0.25, 0.3) is 11.3 Å². The van der Waals surface area contributed by atoms with Crippen molar-refractivity contribution in [3.05, 3.63) is 29.1 Å². The zero-order chi connectivity index (χ0) is 13.1. The molecule has 0 aliphatic heterocycles. The fraction of sp³-hybridized carbons (Fsp3) is 0.167. The summed E-state index contributed by atoms with van der Waals surface area (Å²) in [6.07, 6.45) is 0.876. The Morgan fingerprint density at radius 3 is 2.89 bits per heavy atom. The van der Waals surface area contributed by atoms with Gasteiger partial charge in [0.2, 0.25) is 0 Å². The number of anilines is 2. The van der Waals surface area contributed by atoms with Gasteiger partial charge in [0.05, 0.1) is 5.69 Å². The third-order valence-electron chi connectivity index (χ3n) is 2.42. The second kappa shape index (κ2) is 5.05. The topological polar surface area (TPSA) is 101 Å². The second-order valence-electron chi connectivity index (χ2n) is 3.81. The van der Waals surface area contributed by atoms with E-state index in [0.29, 0.717) is 10.8 Å². The molecule has 0 saturated carbocycles. The van der Waals surface area contributed by atoms with Gasteiger partial charge in [-0.3, -0.25) is 5.41 Å². The summed E-state index contributed by atoms with van der Waals surface area (Å²) < 4.78 is 0. The smallest absolute Gasteiger partial charge is 0.192 e. The average Bonchev–Trinajstić information content (AvgIpc) is 2.71. The summed E-state index contributed by atoms with van der Waals surface area (Å²) in [5, 5.41) is 10.6. The van der Waals surface area contributed by atoms with Crippen LogP contribution in [0.15, 0.2) is 24.3 Å². The molecular weight excluding hydrogens is 246 g/mol. The first kappa shape index (κ1) is 12.4. The number of nitrogens with one attached hydrogen (secondary N) is 2. The van der Waals surface area contributed by atoms with E-state index in [1.54, 1.807) is 0 Å². The van der Waals surface area contributed by atoms with Crippen molar-refractivity contribution in [3.63, 3.8) is 0 Å². The molecule has 0 fully saturated rings. The summed E-state index contributed by atoms with van der Waals surface area (Å²) in [5.41, 5.74) is 13.7. The molecule has 2 aromatic rings. The van der Waals surface area contributed by atoms with Crippen LogP contribution < -0.4 is 16.8 Å². The molecule has 2 rings (SSSR count). The molecule has 0 radical (unpaired) electrons. The summed E-state index contributed by atoms with van der Waals surface area (Å²) in [6, 6.07) is 7.62. The Hall–Kier alpha value is -2.08. The van der Waals surface area contributed by atoms with Crippen LogP contribution in [-0.2, 0) is 6.42 Å². The van der Waals surface area contributed by atoms with Gasteiger partial charge >= 0.3 is 0 Å². The minimum Gasteiger partial charge on any atom is -0.399 e. The summed E-state index contributed by atoms with van der Waals surface area (Å²) >= 11 is 1.50. The number of nitrogens with zero attached hydrogens (tertiary/aromatic N) is 1. The molecule has 0 aliphatic carbocycles. The minimum absolute atomic E-state index is 0.106. The van der Waals surface area contributed by atoms with Gasteiger partial charge in [-0.15, -0.1) is 11.3 Å². The number of nitrogen functional groups attached to an aromatic ring is 1. The Morgan fingerprint density at radius 2 is 2.28 bits per heavy atom. The SMILES string of the molecule is CCc1sc(NC(=N)N)nc1-c1cccc(N)c1. The lowest BCUT2D eigenvalue weighted by Crippen LogP contribution is -2.20. The lowest BCUT2D eigenvalue weighted by atomic mass is 10.1. The van der Waals surface area contributed by atoms with Crippen LogP contribution in [-0.4, -0.2) is 10.9 Å². The Kier molecular flexibility index (Phi) is 3.47. The van der Waals surface area contributed by atoms with Crippen LogP contribution in [0, 0.1) is 5.41 Å². The highest BCUT2D eigenvalue weighted by atomic mass is 32.1. The van der Waals surface area contributed by atoms with E-state index in [9.17, 15) is 0 Å². The molecule has 1 heterocycles. The van der Waals surface area contributed by atoms with E-state index in [-0.39, 0.29) is 5.96 Å². The van der Waals surface area contributed by atoms with Crippen molar-refractivity contribution in [3.8, 4) is 11.3 Å². The quantitative estimate of drug-likeness (QED) is 0.387. The van der Waals surface area contributed by atoms with E-state index < -0.39 is 0 Å². The lowest BCUT2D eigenvalue weighted by molar-refractivity contribution is 1.17. The van der Waals surface area contributed by atoms with Crippen LogP contribution in [0.2, 0.25) is 0 Å². The van der Waals surface area contributed by atoms with Crippen LogP contribution in [0.3, 0.4) is 0 Å². The Morgan fingerprint density at radius 1 is 1.50 bits per heavy atom. The van der Waals surface area contributed by atoms with Crippen molar-refractivity contribution in [2.24, 2.45) is 5.73 Å². The Balaban J connectivity index is 2.43. The maximum Gasteiger partial charge on any atom is 0.192 e. The molecule has 0 spiro atoms. The van der Waals surface area contributed by atoms with Gasteiger partial charge in [0.25, 0.3) is 0 Å². The van der Waals surface area contributed by atoms with Crippen molar-refractivity contribution in [2.45, 2.75) is 13.3 Å². The average molecular weight is 261 g/mol. The van der Waals surface area contributed by atoms with E-state index in [4.69, 9.17) is 16.9 Å². The van der Waals surface area contributed by atoms with E-state index in [1.807, 2.05) is 24.3 Å². The first-order valence-corrected chi connectivity index (χ1v) is 6.38. The minimum atomic E-state index is -0.106. The summed E-state index contributed by atoms with van der Waals surface area (Å²) in [4.78, 5) is 5.61. The molecule has 1 aromatic heterocycles. The highest BCUT2D eigenvalue weighted by Crippen LogP contribution is 2.32. The highest BCUT2D eigenvalue weighted by Gasteiger charge is 2.12. The third kappa shape index (κ3) is 2.60. The van der Waals surface area contributed by atoms with Gasteiger partial charge in [0, 0.05) is 16.1 Å². The number of benzene rings is 1. The zero-order valence-corrected chi connectivity index (χ0v) is 10.8. The van der Waals surface area contributed by atoms with E-state index in [2.05, 4.69) is 17.2 Å². The fourth-order valence-corrected chi connectivity index (χ4v) is 2.61. The van der Waals surface area contributed by atoms with Gasteiger partial charge in [-0.05, 0) is 18.6 Å². The van der Waals surface area contributed by atoms with Gasteiger partial charge in [-0.1, -0.05) is 19.1 Å². The Bertz CT molecular complexity index is 576. The van der Waals surface area contributed by atoms with E-state index in [1.165, 1.54) is 11.3 Å². The number of rotatable bonds is 3. The molecular formula is C12H15N5S. The van der Waals surface area contributed by atoms with Gasteiger partial charge in [0.15, 0.2) is 11.1 Å². The van der Waals surface area contributed by atoms with Crippen molar-refractivity contribution in [2.75, 3.05) is 11.1 Å². The fourth-order valence-electron chi connectivity index (χ4n) is 1.67. The molecule has 6 heteroatoms. The van der Waals surface area contributed by atoms with Crippen LogP contribution in [0.1, 0.15) is 11.8 Å². The molecule has 0 bridgehead atoms. The van der Waals surface area contributed by atoms with Gasteiger partial charge < -0.3 is 16.8 Å². The molecule has 0 amide bonds. The first-order valence-electron chi connectivity index (χ1n) is 5.56. The number of guanidine groups is 1. The predicted octanol–water partition coefficient (Wildman–Crippen LogP) is 2.26. The normalized spacial score (nSPS) is 10.3. The molecule has 18 heavy (non-hydrogen) atoms. The van der Waals surface area contributed by atoms with Gasteiger partial charge in [0.1, 0.15) is 0 Å². The van der Waals surface area contributed by atoms with E-state index in [0.717, 1.165) is 22.6 Å². The number of nitrogens with two attached hydrogens (primary N) is 2. The summed E-state index contributed by atoms with van der Waals surface area (Å²) in [5.74, 6) is -0.106. The van der Waals surface area contributed by atoms with Crippen molar-refractivity contribution in [1.82, 2.24) is 4.98 Å². The first-order chi connectivity index (χ1) is 8.60. The van der Waals surface area contributed by atoms with Crippen LogP contribution in [0.5, 0.6) is 0 Å². The summed E-state index contributed by atoms with van der Waals surface area (Å²) in [6.45, 7) is 2.07. The predicted molar refractivity (Wildman–Crippen MR) is 76.9 cm³/mol. The number of aromatic nitrogens is 1. The summed E-state index contributed by atoms with van der Waals surface area (Å²) in [7, 11) is 0. The maximum absolute atomic E-state index is 7.22. The molecule has 0 unspecified atom stereocenters.